The van der Waals surface area contributed by atoms with Crippen LogP contribution in [0.15, 0.2) is 27.6 Å². The van der Waals surface area contributed by atoms with Gasteiger partial charge in [0.05, 0.1) is 16.6 Å². The Hall–Kier alpha value is -1.69. The molecule has 1 saturated carbocycles. The van der Waals surface area contributed by atoms with E-state index in [4.69, 9.17) is 4.74 Å². The fourth-order valence-corrected chi connectivity index (χ4v) is 2.68. The van der Waals surface area contributed by atoms with E-state index < -0.39 is 17.2 Å². The van der Waals surface area contributed by atoms with Gasteiger partial charge < -0.3 is 9.30 Å². The normalized spacial score (nSPS) is 14.4. The molecule has 0 unspecified atom stereocenters. The van der Waals surface area contributed by atoms with E-state index in [1.54, 1.807) is 13.0 Å². The van der Waals surface area contributed by atoms with Crippen LogP contribution in [-0.4, -0.2) is 17.1 Å². The van der Waals surface area contributed by atoms with Gasteiger partial charge in [0.2, 0.25) is 5.43 Å². The molecule has 0 aliphatic heterocycles. The molecule has 21 heavy (non-hydrogen) atoms. The lowest BCUT2D eigenvalue weighted by atomic mass is 10.1. The Labute approximate surface area is 128 Å². The highest BCUT2D eigenvalue weighted by Crippen LogP contribution is 2.37. The first-order chi connectivity index (χ1) is 10.0. The molecule has 110 valence electrons. The number of benzene rings is 1. The molecular formula is C15H13BrFNO3. The summed E-state index contributed by atoms with van der Waals surface area (Å²) in [6, 6.07) is 3.00. The fraction of sp³-hybridized carbons (Fsp3) is 0.333. The third-order valence-corrected chi connectivity index (χ3v) is 4.12. The molecule has 3 rings (SSSR count). The minimum Gasteiger partial charge on any atom is -0.462 e. The number of rotatable bonds is 3. The molecule has 0 saturated heterocycles. The zero-order valence-electron chi connectivity index (χ0n) is 11.4. The van der Waals surface area contributed by atoms with Crippen LogP contribution in [0, 0.1) is 5.82 Å². The first kappa shape index (κ1) is 14.3. The summed E-state index contributed by atoms with van der Waals surface area (Å²) >= 11 is 3.13. The van der Waals surface area contributed by atoms with Crippen molar-refractivity contribution in [1.82, 2.24) is 4.57 Å². The van der Waals surface area contributed by atoms with Gasteiger partial charge in [0.25, 0.3) is 0 Å². The number of carbonyl (C=O) groups is 1. The minimum atomic E-state index is -0.665. The lowest BCUT2D eigenvalue weighted by Crippen LogP contribution is -2.21. The van der Waals surface area contributed by atoms with Crippen molar-refractivity contribution in [3.63, 3.8) is 0 Å². The lowest BCUT2D eigenvalue weighted by molar-refractivity contribution is 0.0524. The third-order valence-electron chi connectivity index (χ3n) is 3.51. The largest absolute Gasteiger partial charge is 0.462 e. The van der Waals surface area contributed by atoms with Crippen molar-refractivity contribution in [2.45, 2.75) is 25.8 Å². The second-order valence-corrected chi connectivity index (χ2v) is 5.87. The van der Waals surface area contributed by atoms with Crippen LogP contribution in [0.4, 0.5) is 4.39 Å². The predicted octanol–water partition coefficient (Wildman–Crippen LogP) is 3.41. The van der Waals surface area contributed by atoms with E-state index in [2.05, 4.69) is 15.9 Å². The monoisotopic (exact) mass is 353 g/mol. The molecule has 1 aliphatic carbocycles. The number of halogens is 2. The summed E-state index contributed by atoms with van der Waals surface area (Å²) in [5.41, 5.74) is 0.0912. The van der Waals surface area contributed by atoms with Gasteiger partial charge in [0.15, 0.2) is 0 Å². The second kappa shape index (κ2) is 5.26. The van der Waals surface area contributed by atoms with Gasteiger partial charge in [-0.3, -0.25) is 4.79 Å². The third kappa shape index (κ3) is 2.48. The first-order valence-electron chi connectivity index (χ1n) is 6.74. The molecule has 1 aromatic heterocycles. The number of hydrogen-bond donors (Lipinski definition) is 0. The molecule has 4 nitrogen and oxygen atoms in total. The summed E-state index contributed by atoms with van der Waals surface area (Å²) in [4.78, 5) is 24.3. The Kier molecular flexibility index (Phi) is 3.57. The summed E-state index contributed by atoms with van der Waals surface area (Å²) in [6.07, 6.45) is 3.50. The number of fused-ring (bicyclic) bond motifs is 1. The number of aromatic nitrogens is 1. The molecule has 0 atom stereocenters. The van der Waals surface area contributed by atoms with Gasteiger partial charge in [-0.1, -0.05) is 0 Å². The summed E-state index contributed by atoms with van der Waals surface area (Å²) in [5, 5.41) is 0.202. The molecule has 1 aliphatic rings. The van der Waals surface area contributed by atoms with Crippen LogP contribution in [-0.2, 0) is 4.74 Å². The summed E-state index contributed by atoms with van der Waals surface area (Å²) in [5.74, 6) is -1.19. The molecular weight excluding hydrogens is 341 g/mol. The molecule has 0 bridgehead atoms. The number of nitrogens with zero attached hydrogens (tertiary/aromatic N) is 1. The quantitative estimate of drug-likeness (QED) is 0.794. The van der Waals surface area contributed by atoms with Crippen molar-refractivity contribution in [3.8, 4) is 0 Å². The van der Waals surface area contributed by atoms with E-state index in [1.165, 1.54) is 12.3 Å². The van der Waals surface area contributed by atoms with Crippen LogP contribution in [0.5, 0.6) is 0 Å². The molecule has 0 amide bonds. The van der Waals surface area contributed by atoms with Gasteiger partial charge in [0, 0.05) is 17.6 Å². The molecule has 0 radical (unpaired) electrons. The molecule has 1 heterocycles. The molecule has 0 spiro atoms. The highest BCUT2D eigenvalue weighted by molar-refractivity contribution is 9.10. The smallest absolute Gasteiger partial charge is 0.343 e. The van der Waals surface area contributed by atoms with Gasteiger partial charge in [-0.2, -0.15) is 0 Å². The van der Waals surface area contributed by atoms with Crippen LogP contribution < -0.4 is 5.43 Å². The van der Waals surface area contributed by atoms with E-state index in [9.17, 15) is 14.0 Å². The van der Waals surface area contributed by atoms with Crippen molar-refractivity contribution in [2.75, 3.05) is 6.61 Å². The number of ether oxygens (including phenoxy) is 1. The van der Waals surface area contributed by atoms with Gasteiger partial charge in [-0.25, -0.2) is 9.18 Å². The maximum Gasteiger partial charge on any atom is 0.343 e. The number of carbonyl (C=O) groups excluding carboxylic acids is 1. The summed E-state index contributed by atoms with van der Waals surface area (Å²) in [7, 11) is 0. The van der Waals surface area contributed by atoms with Crippen molar-refractivity contribution in [1.29, 1.82) is 0 Å². The number of hydrogen-bond acceptors (Lipinski definition) is 3. The first-order valence-corrected chi connectivity index (χ1v) is 7.53. The van der Waals surface area contributed by atoms with Crippen molar-refractivity contribution in [3.05, 3.63) is 44.4 Å². The summed E-state index contributed by atoms with van der Waals surface area (Å²) in [6.45, 7) is 1.86. The van der Waals surface area contributed by atoms with Gasteiger partial charge in [-0.05, 0) is 47.8 Å². The number of esters is 1. The average Bonchev–Trinajstić information content (AvgIpc) is 3.26. The fourth-order valence-electron chi connectivity index (χ4n) is 2.35. The highest BCUT2D eigenvalue weighted by Gasteiger charge is 2.27. The molecule has 0 N–H and O–H groups in total. The van der Waals surface area contributed by atoms with Crippen LogP contribution >= 0.6 is 15.9 Å². The Bertz CT molecular complexity index is 796. The van der Waals surface area contributed by atoms with E-state index >= 15 is 0 Å². The zero-order chi connectivity index (χ0) is 15.1. The van der Waals surface area contributed by atoms with E-state index in [-0.39, 0.29) is 23.6 Å². The molecule has 1 aromatic carbocycles. The van der Waals surface area contributed by atoms with Crippen LogP contribution in [0.25, 0.3) is 10.9 Å². The maximum atomic E-state index is 13.7. The minimum absolute atomic E-state index is 0.0435. The Morgan fingerprint density at radius 2 is 2.19 bits per heavy atom. The van der Waals surface area contributed by atoms with Crippen molar-refractivity contribution < 1.29 is 13.9 Å². The zero-order valence-corrected chi connectivity index (χ0v) is 12.9. The van der Waals surface area contributed by atoms with Crippen LogP contribution in [0.1, 0.15) is 36.2 Å². The SMILES string of the molecule is CCOC(=O)c1cn(C2CC2)c2cc(Br)c(F)cc2c1=O. The lowest BCUT2D eigenvalue weighted by Gasteiger charge is -2.13. The van der Waals surface area contributed by atoms with Crippen molar-refractivity contribution >= 4 is 32.8 Å². The van der Waals surface area contributed by atoms with E-state index in [1.807, 2.05) is 4.57 Å². The van der Waals surface area contributed by atoms with Crippen LogP contribution in [0.2, 0.25) is 0 Å². The highest BCUT2D eigenvalue weighted by atomic mass is 79.9. The molecule has 2 aromatic rings. The van der Waals surface area contributed by atoms with Gasteiger partial charge in [-0.15, -0.1) is 0 Å². The Morgan fingerprint density at radius 1 is 1.48 bits per heavy atom. The topological polar surface area (TPSA) is 48.3 Å². The Balaban J connectivity index is 2.31. The molecule has 1 fully saturated rings. The van der Waals surface area contributed by atoms with E-state index in [0.29, 0.717) is 9.99 Å². The average molecular weight is 354 g/mol. The predicted molar refractivity (Wildman–Crippen MR) is 80.1 cm³/mol. The molecule has 6 heteroatoms. The van der Waals surface area contributed by atoms with Gasteiger partial charge in [0.1, 0.15) is 11.4 Å². The summed E-state index contributed by atoms with van der Waals surface area (Å²) < 4.78 is 20.8. The second-order valence-electron chi connectivity index (χ2n) is 5.01. The standard InChI is InChI=1S/C15H13BrFNO3/c1-2-21-15(20)10-7-18(8-3-4-8)13-6-11(16)12(17)5-9(13)14(10)19/h5-8H,2-4H2,1H3. The Morgan fingerprint density at radius 3 is 2.81 bits per heavy atom. The van der Waals surface area contributed by atoms with Gasteiger partial charge >= 0.3 is 5.97 Å². The number of pyridine rings is 1. The van der Waals surface area contributed by atoms with E-state index in [0.717, 1.165) is 12.8 Å². The maximum absolute atomic E-state index is 13.7. The van der Waals surface area contributed by atoms with Crippen LogP contribution in [0.3, 0.4) is 0 Å². The van der Waals surface area contributed by atoms with Crippen molar-refractivity contribution in [2.24, 2.45) is 0 Å².